The van der Waals surface area contributed by atoms with E-state index in [9.17, 15) is 9.18 Å². The highest BCUT2D eigenvalue weighted by Crippen LogP contribution is 2.25. The fourth-order valence-corrected chi connectivity index (χ4v) is 4.51. The maximum atomic E-state index is 14.7. The molecule has 0 aliphatic heterocycles. The number of hydrogen-bond donors (Lipinski definition) is 1. The summed E-state index contributed by atoms with van der Waals surface area (Å²) in [5.41, 5.74) is 3.26. The van der Waals surface area contributed by atoms with Crippen molar-refractivity contribution < 1.29 is 13.7 Å². The predicted octanol–water partition coefficient (Wildman–Crippen LogP) is 5.82. The van der Waals surface area contributed by atoms with Gasteiger partial charge in [-0.15, -0.1) is 5.10 Å². The third-order valence-electron chi connectivity index (χ3n) is 5.99. The van der Waals surface area contributed by atoms with Gasteiger partial charge in [0, 0.05) is 46.5 Å². The van der Waals surface area contributed by atoms with Gasteiger partial charge in [0.25, 0.3) is 0 Å². The molecule has 13 heteroatoms. The molecule has 0 aliphatic rings. The summed E-state index contributed by atoms with van der Waals surface area (Å²) in [7, 11) is 0. The van der Waals surface area contributed by atoms with Crippen molar-refractivity contribution >= 4 is 44.8 Å². The number of aromatic nitrogens is 7. The first-order valence-corrected chi connectivity index (χ1v) is 13.3. The predicted molar refractivity (Wildman–Crippen MR) is 149 cm³/mol. The van der Waals surface area contributed by atoms with Gasteiger partial charge in [-0.1, -0.05) is 37.9 Å². The Morgan fingerprint density at radius 1 is 1.05 bits per heavy atom. The number of pyridine rings is 1. The average Bonchev–Trinajstić information content (AvgIpc) is 3.69. The van der Waals surface area contributed by atoms with Crippen LogP contribution in [0.1, 0.15) is 18.0 Å². The average molecular weight is 622 g/mol. The number of anilines is 1. The van der Waals surface area contributed by atoms with Gasteiger partial charge < -0.3 is 14.2 Å². The summed E-state index contributed by atoms with van der Waals surface area (Å²) in [6.45, 7) is 0.337. The summed E-state index contributed by atoms with van der Waals surface area (Å²) in [5, 5.41) is 15.6. The third kappa shape index (κ3) is 5.77. The number of carbonyl (C=O) groups is 1. The molecule has 0 saturated carbocycles. The molecule has 0 fully saturated rings. The molecule has 4 heterocycles. The molecule has 0 aliphatic carbocycles. The Kier molecular flexibility index (Phi) is 7.10. The van der Waals surface area contributed by atoms with Gasteiger partial charge in [0.15, 0.2) is 0 Å². The first kappa shape index (κ1) is 25.8. The van der Waals surface area contributed by atoms with E-state index < -0.39 is 5.82 Å². The summed E-state index contributed by atoms with van der Waals surface area (Å²) in [6.07, 6.45) is 5.59. The fraction of sp³-hybridized carbons (Fsp3) is 0.111. The molecule has 6 rings (SSSR count). The van der Waals surface area contributed by atoms with Gasteiger partial charge in [0.1, 0.15) is 17.2 Å². The normalized spacial score (nSPS) is 11.3. The molecule has 0 bridgehead atoms. The van der Waals surface area contributed by atoms with Crippen molar-refractivity contribution in [1.82, 2.24) is 34.5 Å². The van der Waals surface area contributed by atoms with Crippen LogP contribution >= 0.6 is 27.5 Å². The Morgan fingerprint density at radius 2 is 1.90 bits per heavy atom. The lowest BCUT2D eigenvalue weighted by atomic mass is 10.1. The maximum absolute atomic E-state index is 14.7. The fourth-order valence-electron chi connectivity index (χ4n) is 4.07. The Morgan fingerprint density at radius 3 is 2.75 bits per heavy atom. The molecule has 4 aromatic heterocycles. The lowest BCUT2D eigenvalue weighted by Crippen LogP contribution is -2.12. The van der Waals surface area contributed by atoms with Crippen molar-refractivity contribution in [3.05, 3.63) is 100 Å². The van der Waals surface area contributed by atoms with Crippen LogP contribution in [-0.2, 0) is 17.8 Å². The van der Waals surface area contributed by atoms with E-state index in [4.69, 9.17) is 16.1 Å². The zero-order chi connectivity index (χ0) is 27.6. The van der Waals surface area contributed by atoms with Crippen molar-refractivity contribution in [3.63, 3.8) is 0 Å². The summed E-state index contributed by atoms with van der Waals surface area (Å²) in [6, 6.07) is 15.4. The highest BCUT2D eigenvalue weighted by Gasteiger charge is 2.15. The molecule has 0 atom stereocenters. The molecule has 40 heavy (non-hydrogen) atoms. The summed E-state index contributed by atoms with van der Waals surface area (Å²) in [4.78, 5) is 21.5. The van der Waals surface area contributed by atoms with Crippen LogP contribution in [0.5, 0.6) is 0 Å². The van der Waals surface area contributed by atoms with Gasteiger partial charge in [0.05, 0.1) is 23.5 Å². The Labute approximate surface area is 239 Å². The highest BCUT2D eigenvalue weighted by atomic mass is 79.9. The van der Waals surface area contributed by atoms with E-state index in [1.165, 1.54) is 18.2 Å². The van der Waals surface area contributed by atoms with Crippen LogP contribution in [0.15, 0.2) is 82.2 Å². The highest BCUT2D eigenvalue weighted by molar-refractivity contribution is 9.10. The zero-order valence-electron chi connectivity index (χ0n) is 20.6. The number of hydrogen-bond acceptors (Lipinski definition) is 7. The van der Waals surface area contributed by atoms with E-state index in [0.717, 1.165) is 21.4 Å². The quantitative estimate of drug-likeness (QED) is 0.228. The van der Waals surface area contributed by atoms with Crippen molar-refractivity contribution in [2.45, 2.75) is 19.4 Å². The topological polar surface area (TPSA) is 116 Å². The van der Waals surface area contributed by atoms with Gasteiger partial charge in [-0.05, 0) is 54.6 Å². The lowest BCUT2D eigenvalue weighted by molar-refractivity contribution is -0.116. The van der Waals surface area contributed by atoms with Crippen LogP contribution < -0.4 is 5.32 Å². The molecular weight excluding hydrogens is 603 g/mol. The number of aryl methyl sites for hydroxylation is 1. The van der Waals surface area contributed by atoms with Crippen molar-refractivity contribution in [2.75, 3.05) is 5.32 Å². The minimum Gasteiger partial charge on any atom is -0.339 e. The number of benzene rings is 2. The van der Waals surface area contributed by atoms with Crippen molar-refractivity contribution in [2.24, 2.45) is 0 Å². The number of amides is 1. The molecule has 0 unspecified atom stereocenters. The molecule has 0 spiro atoms. The standard InChI is InChI=1S/C27H19BrClFN8O2/c28-17-3-1-16(2-4-17)27-33-26(40-35-27)10-9-25(39)32-19-6-7-22(30)21(11-19)23-15-38(36-34-23)14-20-13-37-12-18(29)5-8-24(37)31-20/h1-8,11-13,15H,9-10,14H2,(H,32,39). The minimum atomic E-state index is -0.487. The van der Waals surface area contributed by atoms with Crippen LogP contribution in [0, 0.1) is 5.82 Å². The third-order valence-corrected chi connectivity index (χ3v) is 6.74. The number of halogens is 3. The van der Waals surface area contributed by atoms with E-state index >= 15 is 0 Å². The van der Waals surface area contributed by atoms with Gasteiger partial charge in [0.2, 0.25) is 17.6 Å². The van der Waals surface area contributed by atoms with Crippen LogP contribution in [0.2, 0.25) is 5.02 Å². The van der Waals surface area contributed by atoms with Crippen LogP contribution in [-0.4, -0.2) is 40.4 Å². The van der Waals surface area contributed by atoms with E-state index in [-0.39, 0.29) is 24.3 Å². The van der Waals surface area contributed by atoms with Crippen molar-refractivity contribution in [3.8, 4) is 22.6 Å². The van der Waals surface area contributed by atoms with E-state index in [1.807, 2.05) is 40.9 Å². The number of fused-ring (bicyclic) bond motifs is 1. The van der Waals surface area contributed by atoms with Gasteiger partial charge >= 0.3 is 0 Å². The summed E-state index contributed by atoms with van der Waals surface area (Å²) < 4.78 is 24.3. The Bertz CT molecular complexity index is 1830. The largest absolute Gasteiger partial charge is 0.339 e. The second-order valence-corrected chi connectivity index (χ2v) is 10.3. The molecule has 1 amide bonds. The van der Waals surface area contributed by atoms with Crippen LogP contribution in [0.25, 0.3) is 28.3 Å². The molecular formula is C27H19BrClFN8O2. The molecule has 0 saturated heterocycles. The van der Waals surface area contributed by atoms with Crippen LogP contribution in [0.3, 0.4) is 0 Å². The number of rotatable bonds is 8. The number of nitrogens with one attached hydrogen (secondary N) is 1. The monoisotopic (exact) mass is 620 g/mol. The first-order valence-electron chi connectivity index (χ1n) is 12.1. The molecule has 6 aromatic rings. The SMILES string of the molecule is O=C(CCc1nc(-c2ccc(Br)cc2)no1)Nc1ccc(F)c(-c2cn(Cc3cn4cc(Cl)ccc4n3)nn2)c1. The molecule has 1 N–H and O–H groups in total. The van der Waals surface area contributed by atoms with E-state index in [2.05, 4.69) is 46.7 Å². The van der Waals surface area contributed by atoms with Gasteiger partial charge in [-0.25, -0.2) is 14.1 Å². The lowest BCUT2D eigenvalue weighted by Gasteiger charge is -2.07. The minimum absolute atomic E-state index is 0.106. The summed E-state index contributed by atoms with van der Waals surface area (Å²) in [5.74, 6) is 0.0261. The number of imidazole rings is 1. The second kappa shape index (κ2) is 11.0. The Balaban J connectivity index is 1.09. The van der Waals surface area contributed by atoms with E-state index in [1.54, 1.807) is 23.1 Å². The molecule has 2 aromatic carbocycles. The van der Waals surface area contributed by atoms with Gasteiger partial charge in [-0.2, -0.15) is 4.98 Å². The maximum Gasteiger partial charge on any atom is 0.227 e. The Hall–Kier alpha value is -4.42. The van der Waals surface area contributed by atoms with Crippen LogP contribution in [0.4, 0.5) is 10.1 Å². The number of carbonyl (C=O) groups excluding carboxylic acids is 1. The zero-order valence-corrected chi connectivity index (χ0v) is 23.0. The first-order chi connectivity index (χ1) is 19.4. The van der Waals surface area contributed by atoms with Gasteiger partial charge in [-0.3, -0.25) is 4.79 Å². The number of nitrogens with zero attached hydrogens (tertiary/aromatic N) is 7. The molecule has 0 radical (unpaired) electrons. The molecule has 200 valence electrons. The van der Waals surface area contributed by atoms with Crippen molar-refractivity contribution in [1.29, 1.82) is 0 Å². The second-order valence-electron chi connectivity index (χ2n) is 8.91. The summed E-state index contributed by atoms with van der Waals surface area (Å²) >= 11 is 9.43. The smallest absolute Gasteiger partial charge is 0.227 e. The molecule has 10 nitrogen and oxygen atoms in total. The van der Waals surface area contributed by atoms with E-state index in [0.29, 0.717) is 34.7 Å².